The summed E-state index contributed by atoms with van der Waals surface area (Å²) in [5.41, 5.74) is -0.398. The van der Waals surface area contributed by atoms with E-state index in [1.165, 1.54) is 12.1 Å². The van der Waals surface area contributed by atoms with Gasteiger partial charge in [0.2, 0.25) is 0 Å². The van der Waals surface area contributed by atoms with E-state index in [9.17, 15) is 9.59 Å². The van der Waals surface area contributed by atoms with Crippen molar-refractivity contribution in [2.75, 3.05) is 0 Å². The van der Waals surface area contributed by atoms with Crippen LogP contribution in [0.5, 0.6) is 0 Å². The highest BCUT2D eigenvalue weighted by Gasteiger charge is 2.31. The molecule has 0 aliphatic carbocycles. The Hall–Kier alpha value is -1.52. The monoisotopic (exact) mass is 353 g/mol. The highest BCUT2D eigenvalue weighted by Crippen LogP contribution is 2.29. The number of likely N-dealkylation sites (tertiary alicyclic amines) is 1. The summed E-state index contributed by atoms with van der Waals surface area (Å²) in [6.45, 7) is 4.01. The van der Waals surface area contributed by atoms with Gasteiger partial charge >= 0.3 is 5.63 Å². The summed E-state index contributed by atoms with van der Waals surface area (Å²) in [4.78, 5) is 26.9. The predicted octanol–water partition coefficient (Wildman–Crippen LogP) is 4.50. The fourth-order valence-electron chi connectivity index (χ4n) is 3.27. The number of hydrogen-bond donors (Lipinski definition) is 0. The summed E-state index contributed by atoms with van der Waals surface area (Å²) in [6.07, 6.45) is 2.96. The van der Waals surface area contributed by atoms with Crippen molar-refractivity contribution in [1.29, 1.82) is 0 Å². The van der Waals surface area contributed by atoms with Crippen molar-refractivity contribution in [1.82, 2.24) is 4.90 Å². The van der Waals surface area contributed by atoms with Crippen LogP contribution in [0.1, 0.15) is 43.5 Å². The minimum absolute atomic E-state index is 0.0245. The molecule has 1 aliphatic heterocycles. The first-order chi connectivity index (χ1) is 10.9. The van der Waals surface area contributed by atoms with Gasteiger partial charge < -0.3 is 9.32 Å². The number of rotatable bonds is 1. The number of fused-ring (bicyclic) bond motifs is 1. The van der Waals surface area contributed by atoms with Crippen molar-refractivity contribution in [3.63, 3.8) is 0 Å². The number of hydrogen-bond acceptors (Lipinski definition) is 3. The molecule has 4 nitrogen and oxygen atoms in total. The molecule has 2 atom stereocenters. The minimum Gasteiger partial charge on any atom is -0.421 e. The molecule has 0 N–H and O–H groups in total. The largest absolute Gasteiger partial charge is 0.421 e. The van der Waals surface area contributed by atoms with Gasteiger partial charge in [-0.2, -0.15) is 0 Å². The van der Waals surface area contributed by atoms with E-state index >= 15 is 0 Å². The van der Waals surface area contributed by atoms with Crippen molar-refractivity contribution < 1.29 is 9.21 Å². The average molecular weight is 354 g/mol. The van der Waals surface area contributed by atoms with E-state index in [1.54, 1.807) is 11.0 Å². The second-order valence-electron chi connectivity index (χ2n) is 6.09. The number of nitrogens with zero attached hydrogens (tertiary/aromatic N) is 1. The molecule has 1 aliphatic rings. The number of amides is 1. The normalized spacial score (nSPS) is 21.7. The van der Waals surface area contributed by atoms with Crippen molar-refractivity contribution >= 4 is 40.1 Å². The van der Waals surface area contributed by atoms with E-state index in [2.05, 4.69) is 0 Å². The maximum absolute atomic E-state index is 12.9. The Labute approximate surface area is 144 Å². The van der Waals surface area contributed by atoms with Gasteiger partial charge in [0.1, 0.15) is 5.56 Å². The Morgan fingerprint density at radius 3 is 2.48 bits per heavy atom. The Morgan fingerprint density at radius 1 is 1.17 bits per heavy atom. The average Bonchev–Trinajstić information content (AvgIpc) is 2.47. The third kappa shape index (κ3) is 2.98. The maximum Gasteiger partial charge on any atom is 0.349 e. The Morgan fingerprint density at radius 2 is 1.83 bits per heavy atom. The van der Waals surface area contributed by atoms with Gasteiger partial charge in [0.15, 0.2) is 5.58 Å². The first-order valence-corrected chi connectivity index (χ1v) is 8.39. The zero-order chi connectivity index (χ0) is 16.7. The Bertz CT molecular complexity index is 820. The van der Waals surface area contributed by atoms with E-state index in [-0.39, 0.29) is 34.2 Å². The fraction of sp³-hybridized carbons (Fsp3) is 0.412. The van der Waals surface area contributed by atoms with Crippen LogP contribution in [-0.4, -0.2) is 22.9 Å². The van der Waals surface area contributed by atoms with Gasteiger partial charge in [0.25, 0.3) is 5.91 Å². The molecule has 1 saturated heterocycles. The molecule has 0 saturated carbocycles. The topological polar surface area (TPSA) is 50.5 Å². The van der Waals surface area contributed by atoms with E-state index in [1.807, 2.05) is 13.8 Å². The third-order valence-corrected chi connectivity index (χ3v) is 4.91. The molecule has 2 heterocycles. The van der Waals surface area contributed by atoms with Crippen LogP contribution in [0.15, 0.2) is 27.4 Å². The lowest BCUT2D eigenvalue weighted by Crippen LogP contribution is -2.48. The van der Waals surface area contributed by atoms with E-state index in [0.29, 0.717) is 10.4 Å². The smallest absolute Gasteiger partial charge is 0.349 e. The highest BCUT2D eigenvalue weighted by atomic mass is 35.5. The lowest BCUT2D eigenvalue weighted by Gasteiger charge is -2.38. The van der Waals surface area contributed by atoms with Crippen molar-refractivity contribution in [3.8, 4) is 0 Å². The summed E-state index contributed by atoms with van der Waals surface area (Å²) in [5, 5.41) is 1.22. The van der Waals surface area contributed by atoms with Gasteiger partial charge in [-0.25, -0.2) is 4.79 Å². The molecule has 3 rings (SSSR count). The van der Waals surface area contributed by atoms with Crippen LogP contribution in [0.3, 0.4) is 0 Å². The Balaban J connectivity index is 2.10. The van der Waals surface area contributed by atoms with Gasteiger partial charge in [-0.1, -0.05) is 23.2 Å². The van der Waals surface area contributed by atoms with Gasteiger partial charge in [-0.15, -0.1) is 0 Å². The lowest BCUT2D eigenvalue weighted by molar-refractivity contribution is 0.0506. The predicted molar refractivity (Wildman–Crippen MR) is 91.4 cm³/mol. The number of carbonyl (C=O) groups is 1. The first-order valence-electron chi connectivity index (χ1n) is 7.64. The molecule has 0 unspecified atom stereocenters. The molecular weight excluding hydrogens is 337 g/mol. The van der Waals surface area contributed by atoms with Crippen LogP contribution in [0, 0.1) is 0 Å². The fourth-order valence-corrected chi connectivity index (χ4v) is 3.81. The summed E-state index contributed by atoms with van der Waals surface area (Å²) >= 11 is 12.0. The van der Waals surface area contributed by atoms with Crippen molar-refractivity contribution in [3.05, 3.63) is 44.2 Å². The summed E-state index contributed by atoms with van der Waals surface area (Å²) in [5.74, 6) is -0.295. The SMILES string of the molecule is C[C@H]1CCC[C@H](C)N1C(=O)c1cc2cc(Cl)cc(Cl)c2oc1=O. The maximum atomic E-state index is 12.9. The number of piperidine rings is 1. The Kier molecular flexibility index (Phi) is 4.39. The summed E-state index contributed by atoms with van der Waals surface area (Å²) in [7, 11) is 0. The molecule has 2 aromatic rings. The zero-order valence-electron chi connectivity index (χ0n) is 12.9. The van der Waals surface area contributed by atoms with E-state index in [4.69, 9.17) is 27.6 Å². The van der Waals surface area contributed by atoms with Crippen molar-refractivity contribution in [2.45, 2.75) is 45.2 Å². The van der Waals surface area contributed by atoms with Crippen LogP contribution in [0.4, 0.5) is 0 Å². The summed E-state index contributed by atoms with van der Waals surface area (Å²) in [6, 6.07) is 4.86. The minimum atomic E-state index is -0.670. The quantitative estimate of drug-likeness (QED) is 0.709. The van der Waals surface area contributed by atoms with Crippen LogP contribution in [-0.2, 0) is 0 Å². The van der Waals surface area contributed by atoms with E-state index < -0.39 is 5.63 Å². The standard InChI is InChI=1S/C17H17Cl2NO3/c1-9-4-3-5-10(2)20(9)16(21)13-7-11-6-12(18)8-14(19)15(11)23-17(13)22/h6-10H,3-5H2,1-2H3/t9-,10-/m0/s1. The molecule has 0 radical (unpaired) electrons. The molecule has 0 bridgehead atoms. The highest BCUT2D eigenvalue weighted by molar-refractivity contribution is 6.38. The number of carbonyl (C=O) groups excluding carboxylic acids is 1. The molecule has 1 fully saturated rings. The summed E-state index contributed by atoms with van der Waals surface area (Å²) < 4.78 is 5.27. The molecular formula is C17H17Cl2NO3. The second kappa shape index (κ2) is 6.17. The van der Waals surface area contributed by atoms with E-state index in [0.717, 1.165) is 19.3 Å². The molecule has 1 aromatic carbocycles. The lowest BCUT2D eigenvalue weighted by atomic mass is 9.96. The number of halogens is 2. The number of benzene rings is 1. The molecule has 1 amide bonds. The van der Waals surface area contributed by atoms with Crippen LogP contribution < -0.4 is 5.63 Å². The van der Waals surface area contributed by atoms with Gasteiger partial charge in [0.05, 0.1) is 5.02 Å². The first kappa shape index (κ1) is 16.3. The van der Waals surface area contributed by atoms with Crippen molar-refractivity contribution in [2.24, 2.45) is 0 Å². The van der Waals surface area contributed by atoms with Gasteiger partial charge in [0, 0.05) is 22.5 Å². The third-order valence-electron chi connectivity index (χ3n) is 4.41. The van der Waals surface area contributed by atoms with Gasteiger partial charge in [-0.05, 0) is 51.3 Å². The van der Waals surface area contributed by atoms with Crippen LogP contribution in [0.2, 0.25) is 10.0 Å². The van der Waals surface area contributed by atoms with Crippen LogP contribution >= 0.6 is 23.2 Å². The molecule has 23 heavy (non-hydrogen) atoms. The molecule has 1 aromatic heterocycles. The molecule has 122 valence electrons. The zero-order valence-corrected chi connectivity index (χ0v) is 14.4. The second-order valence-corrected chi connectivity index (χ2v) is 6.94. The van der Waals surface area contributed by atoms with Crippen LogP contribution in [0.25, 0.3) is 11.0 Å². The van der Waals surface area contributed by atoms with Gasteiger partial charge in [-0.3, -0.25) is 4.79 Å². The molecule has 0 spiro atoms. The molecule has 6 heteroatoms.